The molecule has 0 saturated heterocycles. The SMILES string of the molecule is CCc1cc(NC(CO)COC)nc(C)n1. The van der Waals surface area contributed by atoms with Crippen LogP contribution >= 0.6 is 0 Å². The minimum absolute atomic E-state index is 0.0123. The standard InChI is InChI=1S/C11H19N3O2/c1-4-9-5-11(13-8(2)12-9)14-10(6-15)7-16-3/h5,10,15H,4,6-7H2,1-3H3,(H,12,13,14). The van der Waals surface area contributed by atoms with Crippen molar-refractivity contribution in [3.8, 4) is 0 Å². The van der Waals surface area contributed by atoms with E-state index in [-0.39, 0.29) is 12.6 Å². The Morgan fingerprint density at radius 2 is 2.25 bits per heavy atom. The van der Waals surface area contributed by atoms with E-state index in [0.717, 1.165) is 23.8 Å². The van der Waals surface area contributed by atoms with Crippen molar-refractivity contribution >= 4 is 5.82 Å². The Balaban J connectivity index is 2.74. The number of ether oxygens (including phenoxy) is 1. The third kappa shape index (κ3) is 3.75. The van der Waals surface area contributed by atoms with Crippen molar-refractivity contribution in [2.24, 2.45) is 0 Å². The second-order valence-electron chi connectivity index (χ2n) is 3.62. The van der Waals surface area contributed by atoms with E-state index in [1.807, 2.05) is 19.9 Å². The van der Waals surface area contributed by atoms with Crippen LogP contribution in [0.25, 0.3) is 0 Å². The number of anilines is 1. The number of nitrogens with zero attached hydrogens (tertiary/aromatic N) is 2. The maximum atomic E-state index is 9.13. The van der Waals surface area contributed by atoms with Gasteiger partial charge in [-0.3, -0.25) is 0 Å². The molecule has 0 aromatic carbocycles. The fourth-order valence-corrected chi connectivity index (χ4v) is 1.43. The molecule has 0 saturated carbocycles. The van der Waals surface area contributed by atoms with Crippen molar-refractivity contribution < 1.29 is 9.84 Å². The molecule has 1 aromatic rings. The van der Waals surface area contributed by atoms with Gasteiger partial charge in [-0.05, 0) is 13.3 Å². The topological polar surface area (TPSA) is 67.3 Å². The van der Waals surface area contributed by atoms with Crippen molar-refractivity contribution in [1.82, 2.24) is 9.97 Å². The quantitative estimate of drug-likeness (QED) is 0.748. The molecule has 0 aliphatic heterocycles. The first-order chi connectivity index (χ1) is 7.69. The largest absolute Gasteiger partial charge is 0.394 e. The number of nitrogens with one attached hydrogen (secondary N) is 1. The number of methoxy groups -OCH3 is 1. The molecule has 0 radical (unpaired) electrons. The van der Waals surface area contributed by atoms with Crippen LogP contribution in [0.1, 0.15) is 18.4 Å². The summed E-state index contributed by atoms with van der Waals surface area (Å²) in [6.07, 6.45) is 0.867. The van der Waals surface area contributed by atoms with Crippen LogP contribution in [0.3, 0.4) is 0 Å². The van der Waals surface area contributed by atoms with Gasteiger partial charge in [-0.25, -0.2) is 9.97 Å². The van der Waals surface area contributed by atoms with E-state index in [2.05, 4.69) is 15.3 Å². The van der Waals surface area contributed by atoms with Crippen LogP contribution in [0.2, 0.25) is 0 Å². The zero-order valence-corrected chi connectivity index (χ0v) is 10.0. The molecular weight excluding hydrogens is 206 g/mol. The number of hydrogen-bond acceptors (Lipinski definition) is 5. The zero-order valence-electron chi connectivity index (χ0n) is 10.0. The van der Waals surface area contributed by atoms with E-state index in [1.54, 1.807) is 7.11 Å². The summed E-state index contributed by atoms with van der Waals surface area (Å²) in [7, 11) is 1.60. The molecule has 1 unspecified atom stereocenters. The van der Waals surface area contributed by atoms with Gasteiger partial charge in [0, 0.05) is 18.9 Å². The third-order valence-corrected chi connectivity index (χ3v) is 2.19. The highest BCUT2D eigenvalue weighted by atomic mass is 16.5. The van der Waals surface area contributed by atoms with Crippen LogP contribution in [0.5, 0.6) is 0 Å². The molecule has 0 aliphatic rings. The van der Waals surface area contributed by atoms with Crippen molar-refractivity contribution in [1.29, 1.82) is 0 Å². The second-order valence-corrected chi connectivity index (χ2v) is 3.62. The van der Waals surface area contributed by atoms with Gasteiger partial charge in [-0.15, -0.1) is 0 Å². The maximum Gasteiger partial charge on any atom is 0.130 e. The number of aliphatic hydroxyl groups is 1. The summed E-state index contributed by atoms with van der Waals surface area (Å²) in [5.41, 5.74) is 0.990. The first kappa shape index (κ1) is 12.9. The molecule has 0 aliphatic carbocycles. The highest BCUT2D eigenvalue weighted by molar-refractivity contribution is 5.37. The predicted octanol–water partition coefficient (Wildman–Crippen LogP) is 0.767. The van der Waals surface area contributed by atoms with Crippen molar-refractivity contribution in [3.05, 3.63) is 17.6 Å². The van der Waals surface area contributed by atoms with Gasteiger partial charge in [-0.1, -0.05) is 6.92 Å². The minimum atomic E-state index is -0.135. The molecule has 1 atom stereocenters. The highest BCUT2D eigenvalue weighted by Gasteiger charge is 2.08. The van der Waals surface area contributed by atoms with Gasteiger partial charge in [0.05, 0.1) is 19.3 Å². The summed E-state index contributed by atoms with van der Waals surface area (Å²) in [4.78, 5) is 8.55. The molecule has 16 heavy (non-hydrogen) atoms. The molecule has 2 N–H and O–H groups in total. The molecular formula is C11H19N3O2. The Kier molecular flexibility index (Phi) is 5.14. The van der Waals surface area contributed by atoms with Gasteiger partial charge in [0.15, 0.2) is 0 Å². The maximum absolute atomic E-state index is 9.13. The number of aromatic nitrogens is 2. The first-order valence-corrected chi connectivity index (χ1v) is 5.40. The van der Waals surface area contributed by atoms with E-state index in [1.165, 1.54) is 0 Å². The normalized spacial score (nSPS) is 12.5. The molecule has 0 amide bonds. The van der Waals surface area contributed by atoms with Crippen LogP contribution in [0, 0.1) is 6.92 Å². The van der Waals surface area contributed by atoms with E-state index >= 15 is 0 Å². The lowest BCUT2D eigenvalue weighted by Gasteiger charge is -2.16. The summed E-state index contributed by atoms with van der Waals surface area (Å²) in [5.74, 6) is 1.47. The molecule has 0 bridgehead atoms. The second kappa shape index (κ2) is 6.40. The Morgan fingerprint density at radius 1 is 1.50 bits per heavy atom. The summed E-state index contributed by atoms with van der Waals surface area (Å²) >= 11 is 0. The Hall–Kier alpha value is -1.20. The molecule has 0 spiro atoms. The zero-order chi connectivity index (χ0) is 12.0. The molecule has 1 aromatic heterocycles. The Labute approximate surface area is 95.9 Å². The van der Waals surface area contributed by atoms with Gasteiger partial charge < -0.3 is 15.2 Å². The van der Waals surface area contributed by atoms with Crippen LogP contribution in [-0.4, -0.2) is 41.4 Å². The number of aryl methyl sites for hydroxylation is 2. The van der Waals surface area contributed by atoms with Crippen LogP contribution in [0.15, 0.2) is 6.07 Å². The van der Waals surface area contributed by atoms with Crippen LogP contribution in [-0.2, 0) is 11.2 Å². The summed E-state index contributed by atoms with van der Waals surface area (Å²) in [6.45, 7) is 4.36. The van der Waals surface area contributed by atoms with Gasteiger partial charge >= 0.3 is 0 Å². The highest BCUT2D eigenvalue weighted by Crippen LogP contribution is 2.08. The average molecular weight is 225 g/mol. The van der Waals surface area contributed by atoms with Crippen molar-refractivity contribution in [3.63, 3.8) is 0 Å². The molecule has 90 valence electrons. The lowest BCUT2D eigenvalue weighted by Crippen LogP contribution is -2.29. The predicted molar refractivity (Wildman–Crippen MR) is 62.5 cm³/mol. The van der Waals surface area contributed by atoms with Crippen LogP contribution < -0.4 is 5.32 Å². The third-order valence-electron chi connectivity index (χ3n) is 2.19. The Bertz CT molecular complexity index is 331. The monoisotopic (exact) mass is 225 g/mol. The van der Waals surface area contributed by atoms with Crippen molar-refractivity contribution in [2.75, 3.05) is 25.6 Å². The molecule has 0 fully saturated rings. The summed E-state index contributed by atoms with van der Waals surface area (Å²) in [6, 6.07) is 1.76. The summed E-state index contributed by atoms with van der Waals surface area (Å²) < 4.78 is 4.99. The number of aliphatic hydroxyl groups excluding tert-OH is 1. The van der Waals surface area contributed by atoms with Gasteiger partial charge in [0.2, 0.25) is 0 Å². The number of rotatable bonds is 6. The Morgan fingerprint density at radius 3 is 2.81 bits per heavy atom. The van der Waals surface area contributed by atoms with Crippen molar-refractivity contribution in [2.45, 2.75) is 26.3 Å². The fraction of sp³-hybridized carbons (Fsp3) is 0.636. The van der Waals surface area contributed by atoms with E-state index in [0.29, 0.717) is 6.61 Å². The van der Waals surface area contributed by atoms with Gasteiger partial charge in [-0.2, -0.15) is 0 Å². The smallest absolute Gasteiger partial charge is 0.130 e. The first-order valence-electron chi connectivity index (χ1n) is 5.40. The van der Waals surface area contributed by atoms with Gasteiger partial charge in [0.25, 0.3) is 0 Å². The average Bonchev–Trinajstić information content (AvgIpc) is 2.27. The lowest BCUT2D eigenvalue weighted by atomic mass is 10.3. The fourth-order valence-electron chi connectivity index (χ4n) is 1.43. The molecule has 1 rings (SSSR count). The molecule has 5 nitrogen and oxygen atoms in total. The van der Waals surface area contributed by atoms with E-state index in [4.69, 9.17) is 9.84 Å². The van der Waals surface area contributed by atoms with Crippen LogP contribution in [0.4, 0.5) is 5.82 Å². The summed E-state index contributed by atoms with van der Waals surface area (Å²) in [5, 5.41) is 12.2. The molecule has 1 heterocycles. The minimum Gasteiger partial charge on any atom is -0.394 e. The van der Waals surface area contributed by atoms with E-state index in [9.17, 15) is 0 Å². The molecule has 5 heteroatoms. The van der Waals surface area contributed by atoms with E-state index < -0.39 is 0 Å². The lowest BCUT2D eigenvalue weighted by molar-refractivity contribution is 0.153. The number of hydrogen-bond donors (Lipinski definition) is 2. The van der Waals surface area contributed by atoms with Gasteiger partial charge in [0.1, 0.15) is 11.6 Å².